The number of aliphatic hydroxyl groups is 1. The number of nitrogens with zero attached hydrogens (tertiary/aromatic N) is 2. The molecule has 1 aromatic rings. The first-order valence-corrected chi connectivity index (χ1v) is 4.63. The highest BCUT2D eigenvalue weighted by Gasteiger charge is 2.18. The molecule has 1 aliphatic rings. The van der Waals surface area contributed by atoms with Crippen LogP contribution < -0.4 is 4.74 Å². The second-order valence-corrected chi connectivity index (χ2v) is 3.27. The number of ether oxygens (including phenoxy) is 1. The van der Waals surface area contributed by atoms with Crippen LogP contribution in [0.3, 0.4) is 0 Å². The van der Waals surface area contributed by atoms with Crippen molar-refractivity contribution in [3.05, 3.63) is 11.3 Å². The lowest BCUT2D eigenvalue weighted by molar-refractivity contribution is 0.225. The Labute approximate surface area is 77.1 Å². The minimum absolute atomic E-state index is 0.156. The Balaban J connectivity index is 2.36. The molecular weight excluding hydrogens is 168 g/mol. The van der Waals surface area contributed by atoms with Crippen LogP contribution in [0.5, 0.6) is 5.88 Å². The van der Waals surface area contributed by atoms with Crippen molar-refractivity contribution < 1.29 is 9.84 Å². The van der Waals surface area contributed by atoms with Crippen LogP contribution in [0.2, 0.25) is 0 Å². The van der Waals surface area contributed by atoms with E-state index in [9.17, 15) is 0 Å². The third-order valence-corrected chi connectivity index (χ3v) is 2.31. The Hall–Kier alpha value is -1.03. The number of hydrogen-bond acceptors (Lipinski definition) is 3. The molecule has 4 heteroatoms. The lowest BCUT2D eigenvalue weighted by Crippen LogP contribution is -2.15. The maximum Gasteiger partial charge on any atom is 0.215 e. The summed E-state index contributed by atoms with van der Waals surface area (Å²) in [6, 6.07) is 0. The molecule has 1 N–H and O–H groups in total. The van der Waals surface area contributed by atoms with Gasteiger partial charge in [0.25, 0.3) is 0 Å². The van der Waals surface area contributed by atoms with E-state index in [1.54, 1.807) is 0 Å². The Morgan fingerprint density at radius 2 is 2.46 bits per heavy atom. The van der Waals surface area contributed by atoms with E-state index in [2.05, 4.69) is 5.10 Å². The third kappa shape index (κ3) is 1.42. The highest BCUT2D eigenvalue weighted by Crippen LogP contribution is 2.25. The van der Waals surface area contributed by atoms with E-state index in [-0.39, 0.29) is 6.61 Å². The van der Waals surface area contributed by atoms with Crippen molar-refractivity contribution in [2.24, 2.45) is 0 Å². The number of aliphatic hydroxyl groups excluding tert-OH is 1. The van der Waals surface area contributed by atoms with Gasteiger partial charge in [0.15, 0.2) is 0 Å². The zero-order valence-electron chi connectivity index (χ0n) is 7.79. The Morgan fingerprint density at radius 1 is 1.62 bits per heavy atom. The van der Waals surface area contributed by atoms with Crippen LogP contribution in [-0.2, 0) is 13.0 Å². The van der Waals surface area contributed by atoms with Gasteiger partial charge in [0.05, 0.1) is 12.3 Å². The van der Waals surface area contributed by atoms with Gasteiger partial charge in [0.1, 0.15) is 0 Å². The summed E-state index contributed by atoms with van der Waals surface area (Å²) in [5, 5.41) is 13.2. The van der Waals surface area contributed by atoms with Gasteiger partial charge < -0.3 is 9.84 Å². The van der Waals surface area contributed by atoms with Gasteiger partial charge in [0, 0.05) is 31.6 Å². The van der Waals surface area contributed by atoms with E-state index in [1.165, 1.54) is 0 Å². The normalized spacial score (nSPS) is 15.2. The second kappa shape index (κ2) is 3.38. The minimum atomic E-state index is 0.156. The highest BCUT2D eigenvalue weighted by molar-refractivity contribution is 5.31. The van der Waals surface area contributed by atoms with E-state index in [4.69, 9.17) is 9.84 Å². The number of aryl methyl sites for hydroxylation is 2. The number of hydrogen-bond donors (Lipinski definition) is 1. The maximum absolute atomic E-state index is 8.87. The Morgan fingerprint density at radius 3 is 3.23 bits per heavy atom. The maximum atomic E-state index is 8.87. The molecule has 0 atom stereocenters. The smallest absolute Gasteiger partial charge is 0.215 e. The van der Waals surface area contributed by atoms with Crippen LogP contribution in [0.25, 0.3) is 0 Å². The van der Waals surface area contributed by atoms with Gasteiger partial charge >= 0.3 is 0 Å². The Bertz CT molecular complexity index is 307. The molecule has 0 radical (unpaired) electrons. The molecule has 1 aliphatic heterocycles. The average Bonchev–Trinajstić information content (AvgIpc) is 2.44. The summed E-state index contributed by atoms with van der Waals surface area (Å²) in [5.74, 6) is 0.859. The van der Waals surface area contributed by atoms with Crippen molar-refractivity contribution >= 4 is 0 Å². The van der Waals surface area contributed by atoms with Crippen LogP contribution in [0.15, 0.2) is 0 Å². The predicted octanol–water partition coefficient (Wildman–Crippen LogP) is 0.509. The van der Waals surface area contributed by atoms with Crippen LogP contribution in [0.1, 0.15) is 17.7 Å². The summed E-state index contributed by atoms with van der Waals surface area (Å²) in [4.78, 5) is 0. The average molecular weight is 182 g/mol. The van der Waals surface area contributed by atoms with Crippen molar-refractivity contribution in [1.29, 1.82) is 0 Å². The molecule has 4 nitrogen and oxygen atoms in total. The fourth-order valence-corrected chi connectivity index (χ4v) is 1.69. The molecule has 0 saturated heterocycles. The third-order valence-electron chi connectivity index (χ3n) is 2.31. The lowest BCUT2D eigenvalue weighted by atomic mass is 10.2. The Kier molecular flexibility index (Phi) is 2.22. The largest absolute Gasteiger partial charge is 0.478 e. The van der Waals surface area contributed by atoms with Crippen LogP contribution in [-0.4, -0.2) is 28.1 Å². The van der Waals surface area contributed by atoms with E-state index in [0.29, 0.717) is 6.42 Å². The highest BCUT2D eigenvalue weighted by atomic mass is 16.5. The van der Waals surface area contributed by atoms with Crippen molar-refractivity contribution in [2.45, 2.75) is 26.3 Å². The summed E-state index contributed by atoms with van der Waals surface area (Å²) in [7, 11) is 0. The van der Waals surface area contributed by atoms with E-state index >= 15 is 0 Å². The first kappa shape index (κ1) is 8.56. The molecule has 0 unspecified atom stereocenters. The van der Waals surface area contributed by atoms with E-state index < -0.39 is 0 Å². The molecule has 0 saturated carbocycles. The van der Waals surface area contributed by atoms with E-state index in [0.717, 1.165) is 36.7 Å². The molecular formula is C9H14N2O2. The van der Waals surface area contributed by atoms with Crippen molar-refractivity contribution in [2.75, 3.05) is 13.2 Å². The zero-order valence-corrected chi connectivity index (χ0v) is 7.79. The minimum Gasteiger partial charge on any atom is -0.478 e. The summed E-state index contributed by atoms with van der Waals surface area (Å²) >= 11 is 0. The molecule has 72 valence electrons. The summed E-state index contributed by atoms with van der Waals surface area (Å²) in [5.41, 5.74) is 2.04. The number of aromatic nitrogens is 2. The topological polar surface area (TPSA) is 47.3 Å². The quantitative estimate of drug-likeness (QED) is 0.725. The standard InChI is InChI=1S/C9H14N2O2/c1-7-8(3-5-12)9-11(10-7)4-2-6-13-9/h12H,2-6H2,1H3. The molecule has 2 heterocycles. The van der Waals surface area contributed by atoms with Gasteiger partial charge in [-0.15, -0.1) is 0 Å². The molecule has 0 amide bonds. The van der Waals surface area contributed by atoms with Gasteiger partial charge in [-0.2, -0.15) is 5.10 Å². The van der Waals surface area contributed by atoms with Crippen LogP contribution in [0.4, 0.5) is 0 Å². The fraction of sp³-hybridized carbons (Fsp3) is 0.667. The predicted molar refractivity (Wildman–Crippen MR) is 47.9 cm³/mol. The molecule has 1 aromatic heterocycles. The van der Waals surface area contributed by atoms with Crippen molar-refractivity contribution in [3.8, 4) is 5.88 Å². The fourth-order valence-electron chi connectivity index (χ4n) is 1.69. The molecule has 0 aromatic carbocycles. The van der Waals surface area contributed by atoms with Gasteiger partial charge in [-0.25, -0.2) is 4.68 Å². The summed E-state index contributed by atoms with van der Waals surface area (Å²) in [6.45, 7) is 3.81. The first-order valence-electron chi connectivity index (χ1n) is 4.63. The number of rotatable bonds is 2. The van der Waals surface area contributed by atoms with Crippen molar-refractivity contribution in [1.82, 2.24) is 9.78 Å². The second-order valence-electron chi connectivity index (χ2n) is 3.27. The SMILES string of the molecule is Cc1nn2c(c1CCO)OCCC2. The summed E-state index contributed by atoms with van der Waals surface area (Å²) < 4.78 is 7.41. The van der Waals surface area contributed by atoms with E-state index in [1.807, 2.05) is 11.6 Å². The van der Waals surface area contributed by atoms with Gasteiger partial charge in [-0.05, 0) is 6.92 Å². The molecule has 0 spiro atoms. The zero-order chi connectivity index (χ0) is 9.26. The number of fused-ring (bicyclic) bond motifs is 1. The van der Waals surface area contributed by atoms with Gasteiger partial charge in [-0.1, -0.05) is 0 Å². The lowest BCUT2D eigenvalue weighted by Gasteiger charge is -2.15. The molecule has 0 fully saturated rings. The van der Waals surface area contributed by atoms with Crippen molar-refractivity contribution in [3.63, 3.8) is 0 Å². The van der Waals surface area contributed by atoms with Crippen LogP contribution in [0, 0.1) is 6.92 Å². The monoisotopic (exact) mass is 182 g/mol. The summed E-state index contributed by atoms with van der Waals surface area (Å²) in [6.07, 6.45) is 1.66. The van der Waals surface area contributed by atoms with Gasteiger partial charge in [-0.3, -0.25) is 0 Å². The molecule has 0 aliphatic carbocycles. The molecule has 2 rings (SSSR count). The van der Waals surface area contributed by atoms with Gasteiger partial charge in [0.2, 0.25) is 5.88 Å². The molecule has 0 bridgehead atoms. The van der Waals surface area contributed by atoms with Crippen LogP contribution >= 0.6 is 0 Å². The molecule has 13 heavy (non-hydrogen) atoms. The first-order chi connectivity index (χ1) is 6.33.